The molecule has 5 rings (SSSR count). The molecule has 1 aliphatic heterocycles. The average Bonchev–Trinajstić information content (AvgIpc) is 2.92. The lowest BCUT2D eigenvalue weighted by Gasteiger charge is -2.40. The molecule has 7 nitrogen and oxygen atoms in total. The molecule has 3 aromatic rings. The fourth-order valence-corrected chi connectivity index (χ4v) is 6.62. The highest BCUT2D eigenvalue weighted by Gasteiger charge is 2.36. The Bertz CT molecular complexity index is 1500. The van der Waals surface area contributed by atoms with Crippen LogP contribution in [0.3, 0.4) is 0 Å². The van der Waals surface area contributed by atoms with Gasteiger partial charge in [0.15, 0.2) is 0 Å². The van der Waals surface area contributed by atoms with E-state index >= 15 is 0 Å². The number of hydrogen-bond donors (Lipinski definition) is 3. The first-order valence-corrected chi connectivity index (χ1v) is 14.2. The number of nitrogens with zero attached hydrogens (tertiary/aromatic N) is 1. The number of rotatable bonds is 6. The molecule has 1 heterocycles. The molecule has 39 heavy (non-hydrogen) atoms. The van der Waals surface area contributed by atoms with Gasteiger partial charge in [0.1, 0.15) is 0 Å². The number of benzene rings is 3. The van der Waals surface area contributed by atoms with E-state index in [1.54, 1.807) is 29.7 Å². The molecule has 198 valence electrons. The van der Waals surface area contributed by atoms with Crippen molar-refractivity contribution in [1.29, 1.82) is 0 Å². The molecule has 3 unspecified atom stereocenters. The number of fused-ring (bicyclic) bond motifs is 2. The van der Waals surface area contributed by atoms with Crippen LogP contribution in [0.2, 0.25) is 0 Å². The van der Waals surface area contributed by atoms with Crippen LogP contribution in [-0.2, 0) is 4.79 Å². The van der Waals surface area contributed by atoms with E-state index in [0.717, 1.165) is 21.0 Å². The van der Waals surface area contributed by atoms with Crippen LogP contribution in [-0.4, -0.2) is 39.6 Å². The zero-order valence-corrected chi connectivity index (χ0v) is 23.0. The fraction of sp³-hybridized carbons (Fsp3) is 0.167. The van der Waals surface area contributed by atoms with Gasteiger partial charge in [-0.1, -0.05) is 48.6 Å². The van der Waals surface area contributed by atoms with Gasteiger partial charge in [0.2, 0.25) is 5.91 Å². The number of urea groups is 1. The van der Waals surface area contributed by atoms with E-state index in [2.05, 4.69) is 16.7 Å². The third-order valence-corrected chi connectivity index (χ3v) is 8.87. The first-order chi connectivity index (χ1) is 18.8. The molecule has 0 saturated carbocycles. The Hall–Kier alpha value is -3.95. The summed E-state index contributed by atoms with van der Waals surface area (Å²) in [7, 11) is 0. The van der Waals surface area contributed by atoms with Crippen LogP contribution in [0.15, 0.2) is 101 Å². The predicted molar refractivity (Wildman–Crippen MR) is 158 cm³/mol. The summed E-state index contributed by atoms with van der Waals surface area (Å²) in [5.41, 5.74) is 2.86. The van der Waals surface area contributed by atoms with Gasteiger partial charge in [0.25, 0.3) is 0 Å². The molecule has 2 aliphatic rings. The van der Waals surface area contributed by atoms with Crippen LogP contribution in [0, 0.1) is 6.92 Å². The second-order valence-electron chi connectivity index (χ2n) is 9.22. The number of thioether (sulfide) groups is 2. The van der Waals surface area contributed by atoms with Crippen LogP contribution in [0.5, 0.6) is 0 Å². The number of nitrogens with one attached hydrogen (secondary N) is 2. The first kappa shape index (κ1) is 26.6. The first-order valence-electron chi connectivity index (χ1n) is 12.4. The maximum absolute atomic E-state index is 13.6. The Labute approximate surface area is 235 Å². The minimum absolute atomic E-state index is 0.0979. The van der Waals surface area contributed by atoms with E-state index in [1.807, 2.05) is 73.7 Å². The Morgan fingerprint density at radius 1 is 0.974 bits per heavy atom. The summed E-state index contributed by atoms with van der Waals surface area (Å²) >= 11 is 3.11. The summed E-state index contributed by atoms with van der Waals surface area (Å²) < 4.78 is 0. The molecule has 3 N–H and O–H groups in total. The van der Waals surface area contributed by atoms with E-state index < -0.39 is 11.2 Å². The predicted octanol–water partition coefficient (Wildman–Crippen LogP) is 6.82. The second-order valence-corrected chi connectivity index (χ2v) is 11.9. The molecule has 3 amide bonds. The van der Waals surface area contributed by atoms with Gasteiger partial charge in [-0.2, -0.15) is 0 Å². The number of aromatic carboxylic acids is 1. The maximum Gasteiger partial charge on any atom is 0.335 e. The van der Waals surface area contributed by atoms with Crippen molar-refractivity contribution in [3.05, 3.63) is 102 Å². The van der Waals surface area contributed by atoms with Crippen molar-refractivity contribution < 1.29 is 19.5 Å². The average molecular weight is 558 g/mol. The topological polar surface area (TPSA) is 98.7 Å². The summed E-state index contributed by atoms with van der Waals surface area (Å²) in [4.78, 5) is 41.5. The number of para-hydroxylation sites is 1. The van der Waals surface area contributed by atoms with Crippen LogP contribution >= 0.6 is 23.5 Å². The van der Waals surface area contributed by atoms with Crippen molar-refractivity contribution in [2.75, 3.05) is 15.5 Å². The number of hydrogen-bond acceptors (Lipinski definition) is 5. The number of carbonyl (C=O) groups excluding carboxylic acids is 2. The fourth-order valence-electron chi connectivity index (χ4n) is 4.44. The van der Waals surface area contributed by atoms with Gasteiger partial charge in [-0.05, 0) is 61.9 Å². The molecule has 0 radical (unpaired) electrons. The number of anilines is 3. The second kappa shape index (κ2) is 11.4. The van der Waals surface area contributed by atoms with Gasteiger partial charge in [0, 0.05) is 21.2 Å². The maximum atomic E-state index is 13.6. The summed E-state index contributed by atoms with van der Waals surface area (Å²) in [6.45, 7) is 3.60. The van der Waals surface area contributed by atoms with Gasteiger partial charge < -0.3 is 15.7 Å². The normalized spacial score (nSPS) is 18.1. The summed E-state index contributed by atoms with van der Waals surface area (Å²) in [5, 5.41) is 14.8. The van der Waals surface area contributed by atoms with Crippen molar-refractivity contribution >= 4 is 58.5 Å². The molecule has 0 spiro atoms. The van der Waals surface area contributed by atoms with Gasteiger partial charge in [-0.15, -0.1) is 23.5 Å². The zero-order valence-electron chi connectivity index (χ0n) is 21.3. The highest BCUT2D eigenvalue weighted by Crippen LogP contribution is 2.43. The van der Waals surface area contributed by atoms with E-state index in [4.69, 9.17) is 0 Å². The lowest BCUT2D eigenvalue weighted by atomic mass is 10.1. The highest BCUT2D eigenvalue weighted by molar-refractivity contribution is 8.00. The Balaban J connectivity index is 1.28. The van der Waals surface area contributed by atoms with Crippen LogP contribution in [0.4, 0.5) is 21.9 Å². The van der Waals surface area contributed by atoms with Crippen molar-refractivity contribution in [3.63, 3.8) is 0 Å². The molecular weight excluding hydrogens is 530 g/mol. The molecule has 3 aromatic carbocycles. The number of allylic oxidation sites excluding steroid dienone is 2. The quantitative estimate of drug-likeness (QED) is 0.288. The van der Waals surface area contributed by atoms with Crippen molar-refractivity contribution in [2.24, 2.45) is 0 Å². The van der Waals surface area contributed by atoms with Gasteiger partial charge in [-0.25, -0.2) is 9.59 Å². The minimum atomic E-state index is -1.05. The monoisotopic (exact) mass is 557 g/mol. The zero-order chi connectivity index (χ0) is 27.5. The standard InChI is InChI=1S/C30H27N3O4S2/c1-18-14-15-20(29(35)36)16-23(18)32-28(34)19(2)38-22-9-7-8-21(17-22)31-30(37)33-24-10-3-5-12-26(24)39-27-13-6-4-11-25(27)33/h3-17,19,24,26H,1-2H3,(H,31,37)(H,32,34)(H,35,36). The number of amides is 3. The Morgan fingerprint density at radius 3 is 2.59 bits per heavy atom. The largest absolute Gasteiger partial charge is 0.478 e. The third kappa shape index (κ3) is 5.89. The van der Waals surface area contributed by atoms with Crippen LogP contribution in [0.25, 0.3) is 0 Å². The summed E-state index contributed by atoms with van der Waals surface area (Å²) in [5.74, 6) is -1.30. The van der Waals surface area contributed by atoms with Crippen LogP contribution < -0.4 is 15.5 Å². The number of carbonyl (C=O) groups is 3. The van der Waals surface area contributed by atoms with Gasteiger partial charge >= 0.3 is 12.0 Å². The highest BCUT2D eigenvalue weighted by atomic mass is 32.2. The number of aryl methyl sites for hydroxylation is 1. The lowest BCUT2D eigenvalue weighted by Crippen LogP contribution is -2.49. The Kier molecular flexibility index (Phi) is 7.81. The molecule has 1 aliphatic carbocycles. The minimum Gasteiger partial charge on any atom is -0.478 e. The lowest BCUT2D eigenvalue weighted by molar-refractivity contribution is -0.115. The van der Waals surface area contributed by atoms with Crippen molar-refractivity contribution in [1.82, 2.24) is 0 Å². The summed E-state index contributed by atoms with van der Waals surface area (Å²) in [6, 6.07) is 19.6. The SMILES string of the molecule is Cc1ccc(C(=O)O)cc1NC(=O)C(C)Sc1cccc(NC(=O)N2c3ccccc3SC3C=CC=CC32)c1. The van der Waals surface area contributed by atoms with Gasteiger partial charge in [0.05, 0.1) is 27.8 Å². The van der Waals surface area contributed by atoms with Gasteiger partial charge in [-0.3, -0.25) is 9.69 Å². The van der Waals surface area contributed by atoms with E-state index in [9.17, 15) is 19.5 Å². The molecule has 9 heteroatoms. The van der Waals surface area contributed by atoms with E-state index in [0.29, 0.717) is 11.4 Å². The number of carboxylic acids is 1. The number of carboxylic acid groups (broad SMARTS) is 1. The van der Waals surface area contributed by atoms with Crippen molar-refractivity contribution in [3.8, 4) is 0 Å². The third-order valence-electron chi connectivity index (χ3n) is 6.47. The van der Waals surface area contributed by atoms with Crippen LogP contribution in [0.1, 0.15) is 22.8 Å². The molecule has 3 atom stereocenters. The Morgan fingerprint density at radius 2 is 1.77 bits per heavy atom. The van der Waals surface area contributed by atoms with E-state index in [1.165, 1.54) is 23.9 Å². The molecular formula is C30H27N3O4S2. The molecule has 0 fully saturated rings. The summed E-state index contributed by atoms with van der Waals surface area (Å²) in [6.07, 6.45) is 8.15. The van der Waals surface area contributed by atoms with E-state index in [-0.39, 0.29) is 28.8 Å². The smallest absolute Gasteiger partial charge is 0.335 e. The molecule has 0 saturated heterocycles. The molecule has 0 aromatic heterocycles. The molecule has 0 bridgehead atoms. The van der Waals surface area contributed by atoms with Crippen molar-refractivity contribution in [2.45, 2.75) is 40.2 Å².